The molecule has 6 heteroatoms. The molecule has 0 aliphatic rings. The van der Waals surface area contributed by atoms with Gasteiger partial charge in [0.2, 0.25) is 0 Å². The number of para-hydroxylation sites is 1. The number of hydrogen-bond acceptors (Lipinski definition) is 2. The fourth-order valence-electron chi connectivity index (χ4n) is 1.25. The second kappa shape index (κ2) is 5.81. The third-order valence-electron chi connectivity index (χ3n) is 2.02. The third-order valence-corrected chi connectivity index (χ3v) is 5.30. The summed E-state index contributed by atoms with van der Waals surface area (Å²) >= 11 is 10.4. The van der Waals surface area contributed by atoms with Gasteiger partial charge in [-0.25, -0.2) is 0 Å². The van der Waals surface area contributed by atoms with Gasteiger partial charge in [0.15, 0.2) is 0 Å². The zero-order valence-electron chi connectivity index (χ0n) is 8.34. The molecule has 1 aromatic carbocycles. The molecule has 2 rings (SSSR count). The number of amides is 1. The van der Waals surface area contributed by atoms with Crippen molar-refractivity contribution in [1.82, 2.24) is 0 Å². The van der Waals surface area contributed by atoms with E-state index in [0.717, 1.165) is 16.8 Å². The van der Waals surface area contributed by atoms with Gasteiger partial charge in [-0.3, -0.25) is 4.79 Å². The first kappa shape index (κ1) is 13.5. The van der Waals surface area contributed by atoms with Gasteiger partial charge in [0.1, 0.15) is 0 Å². The number of thiophene rings is 1. The zero-order chi connectivity index (χ0) is 12.4. The molecule has 0 aliphatic heterocycles. The van der Waals surface area contributed by atoms with Gasteiger partial charge in [0.25, 0.3) is 5.91 Å². The molecule has 0 saturated carbocycles. The summed E-state index contributed by atoms with van der Waals surface area (Å²) in [5.41, 5.74) is 1.47. The van der Waals surface area contributed by atoms with Crippen molar-refractivity contribution in [2.75, 3.05) is 5.32 Å². The van der Waals surface area contributed by atoms with Crippen LogP contribution in [0.25, 0.3) is 0 Å². The lowest BCUT2D eigenvalue weighted by Gasteiger charge is -2.06. The minimum absolute atomic E-state index is 0.108. The average molecular weight is 487 g/mol. The maximum atomic E-state index is 12.0. The van der Waals surface area contributed by atoms with Crippen molar-refractivity contribution in [2.24, 2.45) is 0 Å². The molecule has 1 amide bonds. The van der Waals surface area contributed by atoms with Crippen LogP contribution >= 0.6 is 65.8 Å². The molecule has 2 nitrogen and oxygen atoms in total. The first-order chi connectivity index (χ1) is 8.08. The first-order valence-corrected chi connectivity index (χ1v) is 8.07. The van der Waals surface area contributed by atoms with E-state index < -0.39 is 0 Å². The van der Waals surface area contributed by atoms with Crippen molar-refractivity contribution >= 4 is 77.4 Å². The summed E-state index contributed by atoms with van der Waals surface area (Å²) in [6.07, 6.45) is 0. The lowest BCUT2D eigenvalue weighted by Crippen LogP contribution is -2.12. The number of carbonyl (C=O) groups excluding carboxylic acids is 1. The summed E-state index contributed by atoms with van der Waals surface area (Å²) in [5.74, 6) is -0.108. The molecule has 17 heavy (non-hydrogen) atoms. The molecule has 0 atom stereocenters. The van der Waals surface area contributed by atoms with E-state index in [1.165, 1.54) is 11.3 Å². The predicted octanol–water partition coefficient (Wildman–Crippen LogP) is 5.13. The Kier molecular flexibility index (Phi) is 4.62. The van der Waals surface area contributed by atoms with Crippen molar-refractivity contribution in [3.8, 4) is 0 Å². The fourth-order valence-corrected chi connectivity index (χ4v) is 4.56. The van der Waals surface area contributed by atoms with Gasteiger partial charge in [-0.2, -0.15) is 0 Å². The molecular formula is C11H6Br2INOS. The summed E-state index contributed by atoms with van der Waals surface area (Å²) in [6, 6.07) is 9.48. The Bertz CT molecular complexity index is 570. The van der Waals surface area contributed by atoms with Crippen molar-refractivity contribution in [1.29, 1.82) is 0 Å². The van der Waals surface area contributed by atoms with Crippen molar-refractivity contribution in [3.63, 3.8) is 0 Å². The molecule has 0 bridgehead atoms. The van der Waals surface area contributed by atoms with Crippen LogP contribution in [0.3, 0.4) is 0 Å². The van der Waals surface area contributed by atoms with Crippen LogP contribution in [0, 0.1) is 3.57 Å². The Morgan fingerprint density at radius 3 is 2.59 bits per heavy atom. The fraction of sp³-hybridized carbons (Fsp3) is 0. The maximum absolute atomic E-state index is 12.0. The summed E-state index contributed by atoms with van der Waals surface area (Å²) < 4.78 is 2.77. The average Bonchev–Trinajstić information content (AvgIpc) is 2.61. The summed E-state index contributed by atoms with van der Waals surface area (Å²) in [5, 5.41) is 2.89. The topological polar surface area (TPSA) is 29.1 Å². The zero-order valence-corrected chi connectivity index (χ0v) is 14.5. The number of hydrogen-bond donors (Lipinski definition) is 1. The molecular weight excluding hydrogens is 481 g/mol. The van der Waals surface area contributed by atoms with Crippen LogP contribution in [0.1, 0.15) is 10.4 Å². The molecule has 88 valence electrons. The second-order valence-electron chi connectivity index (χ2n) is 3.17. The quantitative estimate of drug-likeness (QED) is 0.586. The number of nitrogens with one attached hydrogen (secondary N) is 1. The maximum Gasteiger partial charge on any atom is 0.257 e. The van der Waals surface area contributed by atoms with Gasteiger partial charge in [-0.05, 0) is 72.6 Å². The molecule has 1 heterocycles. The third kappa shape index (κ3) is 3.30. The van der Waals surface area contributed by atoms with Crippen LogP contribution in [-0.4, -0.2) is 5.91 Å². The molecule has 0 radical (unpaired) electrons. The van der Waals surface area contributed by atoms with Crippen LogP contribution in [0.2, 0.25) is 0 Å². The highest BCUT2D eigenvalue weighted by Gasteiger charge is 2.14. The standard InChI is InChI=1S/C11H6Br2INOS/c12-9-5-6(10(13)17-9)11(16)15-8-4-2-1-3-7(8)14/h1-5H,(H,15,16). The number of halogens is 3. The highest BCUT2D eigenvalue weighted by molar-refractivity contribution is 14.1. The minimum atomic E-state index is -0.108. The van der Waals surface area contributed by atoms with Crippen LogP contribution in [0.15, 0.2) is 37.9 Å². The number of anilines is 1. The lowest BCUT2D eigenvalue weighted by molar-refractivity contribution is 0.102. The van der Waals surface area contributed by atoms with Gasteiger partial charge in [0, 0.05) is 3.57 Å². The smallest absolute Gasteiger partial charge is 0.257 e. The Morgan fingerprint density at radius 2 is 2.00 bits per heavy atom. The molecule has 1 N–H and O–H groups in total. The van der Waals surface area contributed by atoms with Crippen LogP contribution in [-0.2, 0) is 0 Å². The van der Waals surface area contributed by atoms with Gasteiger partial charge < -0.3 is 5.32 Å². The Morgan fingerprint density at radius 1 is 1.29 bits per heavy atom. The molecule has 0 saturated heterocycles. The van der Waals surface area contributed by atoms with E-state index in [4.69, 9.17) is 0 Å². The van der Waals surface area contributed by atoms with Crippen molar-refractivity contribution in [3.05, 3.63) is 47.0 Å². The molecule has 0 unspecified atom stereocenters. The minimum Gasteiger partial charge on any atom is -0.321 e. The SMILES string of the molecule is O=C(Nc1ccccc1I)c1cc(Br)sc1Br. The normalized spacial score (nSPS) is 10.3. The molecule has 2 aromatic rings. The molecule has 0 spiro atoms. The van der Waals surface area contributed by atoms with Crippen LogP contribution in [0.5, 0.6) is 0 Å². The highest BCUT2D eigenvalue weighted by atomic mass is 127. The predicted molar refractivity (Wildman–Crippen MR) is 86.8 cm³/mol. The Hall–Kier alpha value is 0.0800. The van der Waals surface area contributed by atoms with E-state index in [9.17, 15) is 4.79 Å². The van der Waals surface area contributed by atoms with Crippen molar-refractivity contribution in [2.45, 2.75) is 0 Å². The van der Waals surface area contributed by atoms with E-state index in [-0.39, 0.29) is 5.91 Å². The van der Waals surface area contributed by atoms with Crippen LogP contribution < -0.4 is 5.32 Å². The van der Waals surface area contributed by atoms with Gasteiger partial charge in [-0.1, -0.05) is 12.1 Å². The molecule has 1 aromatic heterocycles. The van der Waals surface area contributed by atoms with E-state index >= 15 is 0 Å². The summed E-state index contributed by atoms with van der Waals surface area (Å²) in [4.78, 5) is 12.0. The molecule has 0 aliphatic carbocycles. The highest BCUT2D eigenvalue weighted by Crippen LogP contribution is 2.32. The van der Waals surface area contributed by atoms with E-state index in [2.05, 4.69) is 59.8 Å². The number of benzene rings is 1. The Balaban J connectivity index is 2.23. The van der Waals surface area contributed by atoms with Gasteiger partial charge >= 0.3 is 0 Å². The number of carbonyl (C=O) groups is 1. The Labute approximate surface area is 133 Å². The second-order valence-corrected chi connectivity index (χ2v) is 8.08. The van der Waals surface area contributed by atoms with E-state index in [0.29, 0.717) is 5.56 Å². The summed E-state index contributed by atoms with van der Waals surface area (Å²) in [7, 11) is 0. The van der Waals surface area contributed by atoms with Crippen molar-refractivity contribution < 1.29 is 4.79 Å². The van der Waals surface area contributed by atoms with Gasteiger partial charge in [-0.15, -0.1) is 11.3 Å². The lowest BCUT2D eigenvalue weighted by atomic mass is 10.3. The van der Waals surface area contributed by atoms with E-state index in [1.807, 2.05) is 24.3 Å². The van der Waals surface area contributed by atoms with Gasteiger partial charge in [0.05, 0.1) is 18.8 Å². The van der Waals surface area contributed by atoms with Crippen LogP contribution in [0.4, 0.5) is 5.69 Å². The first-order valence-electron chi connectivity index (χ1n) is 4.58. The number of rotatable bonds is 2. The largest absolute Gasteiger partial charge is 0.321 e. The monoisotopic (exact) mass is 485 g/mol. The summed E-state index contributed by atoms with van der Waals surface area (Å²) in [6.45, 7) is 0. The van der Waals surface area contributed by atoms with E-state index in [1.54, 1.807) is 6.07 Å². The molecule has 0 fully saturated rings.